The first-order valence-electron chi connectivity index (χ1n) is 15.0. The third kappa shape index (κ3) is 4.94. The minimum absolute atomic E-state index is 0.159. The van der Waals surface area contributed by atoms with Gasteiger partial charge in [-0.05, 0) is 56.3 Å². The molecule has 0 aromatic carbocycles. The van der Waals surface area contributed by atoms with E-state index in [4.69, 9.17) is 28.4 Å². The molecule has 1 N–H and O–H groups in total. The lowest BCUT2D eigenvalue weighted by atomic mass is 9.75. The van der Waals surface area contributed by atoms with Crippen molar-refractivity contribution in [2.24, 2.45) is 17.8 Å². The lowest BCUT2D eigenvalue weighted by molar-refractivity contribution is -0.225. The number of ether oxygens (including phenoxy) is 6. The maximum atomic E-state index is 13.3. The molecular formula is C29H46O8. The van der Waals surface area contributed by atoms with Crippen molar-refractivity contribution in [3.8, 4) is 0 Å². The smallest absolute Gasteiger partial charge is 0.431 e. The van der Waals surface area contributed by atoms with Crippen molar-refractivity contribution < 1.29 is 38.3 Å². The van der Waals surface area contributed by atoms with Crippen LogP contribution in [-0.4, -0.2) is 65.6 Å². The highest BCUT2D eigenvalue weighted by Gasteiger charge is 2.67. The summed E-state index contributed by atoms with van der Waals surface area (Å²) < 4.78 is 38.2. The van der Waals surface area contributed by atoms with Gasteiger partial charge in [0, 0.05) is 25.7 Å². The van der Waals surface area contributed by atoms with Crippen LogP contribution < -0.4 is 0 Å². The summed E-state index contributed by atoms with van der Waals surface area (Å²) in [5, 5.41) is 11.4. The van der Waals surface area contributed by atoms with Crippen LogP contribution in [0.2, 0.25) is 0 Å². The van der Waals surface area contributed by atoms with E-state index in [-0.39, 0.29) is 6.10 Å². The summed E-state index contributed by atoms with van der Waals surface area (Å²) in [6.07, 6.45) is 7.56. The average molecular weight is 523 g/mol. The van der Waals surface area contributed by atoms with Crippen LogP contribution in [0.15, 0.2) is 0 Å². The van der Waals surface area contributed by atoms with Crippen LogP contribution >= 0.6 is 0 Å². The van der Waals surface area contributed by atoms with Gasteiger partial charge in [0.2, 0.25) is 0 Å². The topological polar surface area (TPSA) is 92.7 Å². The Morgan fingerprint density at radius 1 is 0.784 bits per heavy atom. The van der Waals surface area contributed by atoms with Crippen molar-refractivity contribution in [1.82, 2.24) is 0 Å². The number of carbonyl (C=O) groups excluding carboxylic acids is 1. The van der Waals surface area contributed by atoms with Gasteiger partial charge < -0.3 is 33.5 Å². The van der Waals surface area contributed by atoms with Crippen molar-refractivity contribution in [2.45, 2.75) is 159 Å². The highest BCUT2D eigenvalue weighted by molar-refractivity contribution is 5.60. The molecule has 8 heteroatoms. The molecule has 0 bridgehead atoms. The van der Waals surface area contributed by atoms with Gasteiger partial charge >= 0.3 is 6.16 Å². The number of aliphatic hydroxyl groups is 1. The number of rotatable bonds is 3. The van der Waals surface area contributed by atoms with Gasteiger partial charge in [-0.2, -0.15) is 0 Å². The summed E-state index contributed by atoms with van der Waals surface area (Å²) in [5.74, 6) is -0.197. The molecular weight excluding hydrogens is 476 g/mol. The van der Waals surface area contributed by atoms with E-state index < -0.39 is 54.4 Å². The molecule has 0 amide bonds. The molecule has 2 aliphatic heterocycles. The first-order valence-corrected chi connectivity index (χ1v) is 15.0. The van der Waals surface area contributed by atoms with Crippen LogP contribution in [0.5, 0.6) is 0 Å². The van der Waals surface area contributed by atoms with Crippen molar-refractivity contribution in [3.05, 3.63) is 0 Å². The van der Waals surface area contributed by atoms with E-state index in [9.17, 15) is 9.90 Å². The maximum absolute atomic E-state index is 13.3. The third-order valence-corrected chi connectivity index (χ3v) is 10.0. The summed E-state index contributed by atoms with van der Waals surface area (Å²) in [4.78, 5) is 13.3. The molecule has 2 unspecified atom stereocenters. The normalized spacial score (nSPS) is 44.5. The summed E-state index contributed by atoms with van der Waals surface area (Å²) in [7, 11) is 0. The van der Waals surface area contributed by atoms with E-state index in [1.165, 1.54) is 0 Å². The lowest BCUT2D eigenvalue weighted by Gasteiger charge is -2.40. The SMILES string of the molecule is CC(C)[C@@H]1CC[C@@H](C)C[C@H]1OC(=O)OC1[C@@H]2OC3(CCCCC3)O[C@@H]2C(O)[C@@H]2OC3(CCCCC3)O[C@@H]12. The molecule has 4 saturated carbocycles. The van der Waals surface area contributed by atoms with Gasteiger partial charge in [-0.15, -0.1) is 0 Å². The summed E-state index contributed by atoms with van der Waals surface area (Å²) in [6.45, 7) is 6.61. The Kier molecular flexibility index (Phi) is 7.27. The van der Waals surface area contributed by atoms with Crippen LogP contribution in [0.1, 0.15) is 104 Å². The van der Waals surface area contributed by atoms with Gasteiger partial charge in [0.15, 0.2) is 17.7 Å². The van der Waals surface area contributed by atoms with Gasteiger partial charge in [0.25, 0.3) is 0 Å². The fraction of sp³-hybridized carbons (Fsp3) is 0.966. The Morgan fingerprint density at radius 3 is 1.81 bits per heavy atom. The highest BCUT2D eigenvalue weighted by atomic mass is 16.8. The van der Waals surface area contributed by atoms with Gasteiger partial charge in [0.1, 0.15) is 36.6 Å². The first-order chi connectivity index (χ1) is 17.8. The fourth-order valence-corrected chi connectivity index (χ4v) is 8.02. The van der Waals surface area contributed by atoms with E-state index >= 15 is 0 Å². The second kappa shape index (κ2) is 10.2. The number of hydrogen-bond acceptors (Lipinski definition) is 8. The maximum Gasteiger partial charge on any atom is 0.509 e. The second-order valence-corrected chi connectivity index (χ2v) is 13.1. The molecule has 9 atom stereocenters. The van der Waals surface area contributed by atoms with Crippen LogP contribution in [0.25, 0.3) is 0 Å². The molecule has 6 aliphatic rings. The van der Waals surface area contributed by atoms with Crippen molar-refractivity contribution >= 4 is 6.16 Å². The summed E-state index contributed by atoms with van der Waals surface area (Å²) in [6, 6.07) is 0. The van der Waals surface area contributed by atoms with Gasteiger partial charge in [-0.1, -0.05) is 40.0 Å². The Balaban J connectivity index is 1.23. The molecule has 6 rings (SSSR count). The Hall–Kier alpha value is -0.930. The quantitative estimate of drug-likeness (QED) is 0.504. The van der Waals surface area contributed by atoms with Crippen LogP contribution in [0.3, 0.4) is 0 Å². The number of carbonyl (C=O) groups is 1. The lowest BCUT2D eigenvalue weighted by Crippen LogP contribution is -2.62. The molecule has 6 fully saturated rings. The molecule has 0 radical (unpaired) electrons. The minimum atomic E-state index is -0.905. The van der Waals surface area contributed by atoms with Crippen LogP contribution in [0.4, 0.5) is 4.79 Å². The minimum Gasteiger partial charge on any atom is -0.431 e. The third-order valence-electron chi connectivity index (χ3n) is 10.0. The second-order valence-electron chi connectivity index (χ2n) is 13.1. The standard InChI is InChI=1S/C29H46O8/c1-17(2)19-11-10-18(3)16-20(19)32-27(31)33-24-25-22(34-28(36-25)12-6-4-7-13-28)21(30)23-26(24)37-29(35-23)14-8-5-9-15-29/h17-26,30H,4-16H2,1-3H3/t18-,19+,20-,21?,22-,23+,24?,25-,26-/m1/s1. The molecule has 2 heterocycles. The average Bonchev–Trinajstić information content (AvgIpc) is 3.42. The Morgan fingerprint density at radius 2 is 1.30 bits per heavy atom. The highest BCUT2D eigenvalue weighted by Crippen LogP contribution is 2.51. The zero-order valence-electron chi connectivity index (χ0n) is 22.8. The molecule has 2 spiro atoms. The van der Waals surface area contributed by atoms with E-state index in [1.807, 2.05) is 0 Å². The molecule has 4 aliphatic carbocycles. The summed E-state index contributed by atoms with van der Waals surface area (Å²) >= 11 is 0. The van der Waals surface area contributed by atoms with Gasteiger partial charge in [0.05, 0.1) is 0 Å². The van der Waals surface area contributed by atoms with Gasteiger partial charge in [-0.3, -0.25) is 0 Å². The molecule has 37 heavy (non-hydrogen) atoms. The van der Waals surface area contributed by atoms with Gasteiger partial charge in [-0.25, -0.2) is 4.79 Å². The number of aliphatic hydroxyl groups excluding tert-OH is 1. The zero-order chi connectivity index (χ0) is 25.8. The summed E-state index contributed by atoms with van der Waals surface area (Å²) in [5.41, 5.74) is 0. The van der Waals surface area contributed by atoms with E-state index in [1.54, 1.807) is 0 Å². The Bertz CT molecular complexity index is 777. The Labute approximate surface area is 221 Å². The zero-order valence-corrected chi connectivity index (χ0v) is 22.8. The monoisotopic (exact) mass is 522 g/mol. The molecule has 8 nitrogen and oxygen atoms in total. The van der Waals surface area contributed by atoms with Crippen molar-refractivity contribution in [1.29, 1.82) is 0 Å². The largest absolute Gasteiger partial charge is 0.509 e. The molecule has 2 saturated heterocycles. The molecule has 0 aromatic heterocycles. The predicted molar refractivity (Wildman–Crippen MR) is 134 cm³/mol. The van der Waals surface area contributed by atoms with Crippen molar-refractivity contribution in [3.63, 3.8) is 0 Å². The van der Waals surface area contributed by atoms with E-state index in [2.05, 4.69) is 20.8 Å². The van der Waals surface area contributed by atoms with E-state index in [0.29, 0.717) is 17.8 Å². The van der Waals surface area contributed by atoms with Crippen LogP contribution in [0, 0.1) is 17.8 Å². The van der Waals surface area contributed by atoms with E-state index in [0.717, 1.165) is 83.5 Å². The predicted octanol–water partition coefficient (Wildman–Crippen LogP) is 5.23. The molecule has 0 aromatic rings. The number of fused-ring (bicyclic) bond motifs is 2. The first kappa shape index (κ1) is 26.3. The van der Waals surface area contributed by atoms with Crippen molar-refractivity contribution in [2.75, 3.05) is 0 Å². The fourth-order valence-electron chi connectivity index (χ4n) is 8.02. The molecule has 210 valence electrons. The number of hydrogen-bond donors (Lipinski definition) is 1. The van der Waals surface area contributed by atoms with Crippen LogP contribution in [-0.2, 0) is 28.4 Å².